The standard InChI is InChI=1S/C20H21N3O2S/c1-15-5-7-16(8-6-15)22-9-3-10-23(12-11-22)20(24)18-14-21-19(26-18)17-4-2-13-25-17/h2,4-8,13-14H,3,9-12H2,1H3. The Morgan fingerprint density at radius 2 is 1.96 bits per heavy atom. The first-order valence-corrected chi connectivity index (χ1v) is 9.63. The molecule has 0 radical (unpaired) electrons. The van der Waals surface area contributed by atoms with Gasteiger partial charge in [0, 0.05) is 31.9 Å². The zero-order valence-electron chi connectivity index (χ0n) is 14.7. The van der Waals surface area contributed by atoms with E-state index in [4.69, 9.17) is 4.42 Å². The lowest BCUT2D eigenvalue weighted by atomic mass is 10.2. The van der Waals surface area contributed by atoms with Crippen LogP contribution in [-0.2, 0) is 0 Å². The Balaban J connectivity index is 1.43. The Morgan fingerprint density at radius 1 is 1.12 bits per heavy atom. The van der Waals surface area contributed by atoms with Crippen molar-refractivity contribution in [2.45, 2.75) is 13.3 Å². The molecule has 0 spiro atoms. The molecule has 26 heavy (non-hydrogen) atoms. The van der Waals surface area contributed by atoms with Crippen LogP contribution in [0.1, 0.15) is 21.7 Å². The fraction of sp³-hybridized carbons (Fsp3) is 0.300. The molecule has 1 aromatic carbocycles. The topological polar surface area (TPSA) is 49.6 Å². The number of carbonyl (C=O) groups excluding carboxylic acids is 1. The Bertz CT molecular complexity index is 871. The van der Waals surface area contributed by atoms with Crippen LogP contribution in [-0.4, -0.2) is 42.0 Å². The number of rotatable bonds is 3. The summed E-state index contributed by atoms with van der Waals surface area (Å²) < 4.78 is 5.37. The minimum absolute atomic E-state index is 0.0612. The predicted molar refractivity (Wildman–Crippen MR) is 104 cm³/mol. The first kappa shape index (κ1) is 16.8. The molecule has 0 saturated carbocycles. The van der Waals surface area contributed by atoms with Gasteiger partial charge in [-0.1, -0.05) is 17.7 Å². The van der Waals surface area contributed by atoms with Crippen LogP contribution in [0.25, 0.3) is 10.8 Å². The molecule has 5 nitrogen and oxygen atoms in total. The number of hydrogen-bond acceptors (Lipinski definition) is 5. The van der Waals surface area contributed by atoms with E-state index >= 15 is 0 Å². The van der Waals surface area contributed by atoms with Gasteiger partial charge in [-0.2, -0.15) is 0 Å². The number of hydrogen-bond donors (Lipinski definition) is 0. The average molecular weight is 367 g/mol. The van der Waals surface area contributed by atoms with Gasteiger partial charge in [-0.25, -0.2) is 4.98 Å². The molecule has 1 aliphatic heterocycles. The molecule has 0 atom stereocenters. The smallest absolute Gasteiger partial charge is 0.265 e. The van der Waals surface area contributed by atoms with Crippen molar-refractivity contribution in [3.05, 3.63) is 59.3 Å². The summed E-state index contributed by atoms with van der Waals surface area (Å²) in [5, 5.41) is 0.745. The number of amides is 1. The summed E-state index contributed by atoms with van der Waals surface area (Å²) in [6, 6.07) is 12.3. The second-order valence-corrected chi connectivity index (χ2v) is 7.51. The van der Waals surface area contributed by atoms with Crippen molar-refractivity contribution in [2.75, 3.05) is 31.1 Å². The number of furan rings is 1. The largest absolute Gasteiger partial charge is 0.462 e. The molecule has 1 amide bonds. The molecule has 3 heterocycles. The molecular formula is C20H21N3O2S. The number of carbonyl (C=O) groups is 1. The first-order valence-electron chi connectivity index (χ1n) is 8.81. The van der Waals surface area contributed by atoms with Gasteiger partial charge in [0.1, 0.15) is 4.88 Å². The third kappa shape index (κ3) is 3.51. The van der Waals surface area contributed by atoms with E-state index in [2.05, 4.69) is 41.1 Å². The maximum absolute atomic E-state index is 12.9. The quantitative estimate of drug-likeness (QED) is 0.700. The molecule has 0 unspecified atom stereocenters. The first-order chi connectivity index (χ1) is 12.7. The third-order valence-corrected chi connectivity index (χ3v) is 5.63. The Labute approximate surface area is 156 Å². The minimum Gasteiger partial charge on any atom is -0.462 e. The van der Waals surface area contributed by atoms with Crippen molar-refractivity contribution in [1.82, 2.24) is 9.88 Å². The number of anilines is 1. The van der Waals surface area contributed by atoms with Crippen molar-refractivity contribution >= 4 is 22.9 Å². The van der Waals surface area contributed by atoms with Gasteiger partial charge in [-0.3, -0.25) is 4.79 Å². The van der Waals surface area contributed by atoms with Gasteiger partial charge < -0.3 is 14.2 Å². The summed E-state index contributed by atoms with van der Waals surface area (Å²) in [6.07, 6.45) is 4.24. The molecule has 0 bridgehead atoms. The Kier molecular flexibility index (Phi) is 4.75. The van der Waals surface area contributed by atoms with Crippen LogP contribution < -0.4 is 4.90 Å². The summed E-state index contributed by atoms with van der Waals surface area (Å²) in [4.78, 5) is 22.2. The molecule has 4 rings (SSSR count). The van der Waals surface area contributed by atoms with E-state index < -0.39 is 0 Å². The molecule has 0 N–H and O–H groups in total. The van der Waals surface area contributed by atoms with E-state index in [0.717, 1.165) is 37.6 Å². The number of aryl methyl sites for hydroxylation is 1. The average Bonchev–Trinajstić information content (AvgIpc) is 3.29. The van der Waals surface area contributed by atoms with Crippen LogP contribution >= 0.6 is 11.3 Å². The van der Waals surface area contributed by atoms with E-state index in [0.29, 0.717) is 10.6 Å². The van der Waals surface area contributed by atoms with Crippen LogP contribution in [0.5, 0.6) is 0 Å². The van der Waals surface area contributed by atoms with Crippen molar-refractivity contribution in [3.63, 3.8) is 0 Å². The van der Waals surface area contributed by atoms with Crippen molar-refractivity contribution in [2.24, 2.45) is 0 Å². The normalized spacial score (nSPS) is 15.1. The second kappa shape index (κ2) is 7.33. The van der Waals surface area contributed by atoms with Gasteiger partial charge in [0.2, 0.25) is 0 Å². The maximum Gasteiger partial charge on any atom is 0.265 e. The van der Waals surface area contributed by atoms with E-state index in [-0.39, 0.29) is 5.91 Å². The van der Waals surface area contributed by atoms with Gasteiger partial charge in [0.05, 0.1) is 12.5 Å². The molecular weight excluding hydrogens is 346 g/mol. The van der Waals surface area contributed by atoms with Crippen molar-refractivity contribution in [3.8, 4) is 10.8 Å². The zero-order valence-corrected chi connectivity index (χ0v) is 15.5. The Morgan fingerprint density at radius 3 is 2.73 bits per heavy atom. The van der Waals surface area contributed by atoms with Crippen molar-refractivity contribution < 1.29 is 9.21 Å². The lowest BCUT2D eigenvalue weighted by Gasteiger charge is -2.23. The highest BCUT2D eigenvalue weighted by molar-refractivity contribution is 7.16. The van der Waals surface area contributed by atoms with E-state index in [9.17, 15) is 4.79 Å². The lowest BCUT2D eigenvalue weighted by molar-refractivity contribution is 0.0771. The van der Waals surface area contributed by atoms with Crippen molar-refractivity contribution in [1.29, 1.82) is 0 Å². The summed E-state index contributed by atoms with van der Waals surface area (Å²) in [7, 11) is 0. The van der Waals surface area contributed by atoms with E-state index in [1.165, 1.54) is 22.6 Å². The monoisotopic (exact) mass is 367 g/mol. The zero-order chi connectivity index (χ0) is 17.9. The summed E-state index contributed by atoms with van der Waals surface area (Å²) in [5.74, 6) is 0.765. The predicted octanol–water partition coefficient (Wildman–Crippen LogP) is 4.06. The van der Waals surface area contributed by atoms with Gasteiger partial charge in [0.15, 0.2) is 10.8 Å². The summed E-state index contributed by atoms with van der Waals surface area (Å²) in [5.41, 5.74) is 2.49. The Hall–Kier alpha value is -2.60. The van der Waals surface area contributed by atoms with Crippen LogP contribution in [0, 0.1) is 6.92 Å². The molecule has 134 valence electrons. The van der Waals surface area contributed by atoms with Crippen LogP contribution in [0.3, 0.4) is 0 Å². The highest BCUT2D eigenvalue weighted by Gasteiger charge is 2.22. The van der Waals surface area contributed by atoms with Crippen LogP contribution in [0.2, 0.25) is 0 Å². The third-order valence-electron chi connectivity index (χ3n) is 4.63. The fourth-order valence-corrected chi connectivity index (χ4v) is 4.03. The number of benzene rings is 1. The van der Waals surface area contributed by atoms with Crippen LogP contribution in [0.15, 0.2) is 53.3 Å². The van der Waals surface area contributed by atoms with Crippen LogP contribution in [0.4, 0.5) is 5.69 Å². The minimum atomic E-state index is 0.0612. The molecule has 2 aromatic heterocycles. The van der Waals surface area contributed by atoms with E-state index in [1.54, 1.807) is 12.5 Å². The lowest BCUT2D eigenvalue weighted by Crippen LogP contribution is -2.34. The van der Waals surface area contributed by atoms with Gasteiger partial charge in [0.25, 0.3) is 5.91 Å². The molecule has 1 saturated heterocycles. The second-order valence-electron chi connectivity index (χ2n) is 6.48. The maximum atomic E-state index is 12.9. The SMILES string of the molecule is Cc1ccc(N2CCCN(C(=O)c3cnc(-c4ccco4)s3)CC2)cc1. The summed E-state index contributed by atoms with van der Waals surface area (Å²) in [6.45, 7) is 5.40. The highest BCUT2D eigenvalue weighted by atomic mass is 32.1. The molecule has 3 aromatic rings. The number of nitrogens with zero attached hydrogens (tertiary/aromatic N) is 3. The molecule has 6 heteroatoms. The molecule has 1 aliphatic rings. The van der Waals surface area contributed by atoms with Gasteiger partial charge in [-0.05, 0) is 37.6 Å². The highest BCUT2D eigenvalue weighted by Crippen LogP contribution is 2.26. The fourth-order valence-electron chi connectivity index (χ4n) is 3.18. The molecule has 1 fully saturated rings. The number of aromatic nitrogens is 1. The van der Waals surface area contributed by atoms with Gasteiger partial charge in [-0.15, -0.1) is 11.3 Å². The molecule has 0 aliphatic carbocycles. The summed E-state index contributed by atoms with van der Waals surface area (Å²) >= 11 is 1.39. The van der Waals surface area contributed by atoms with Gasteiger partial charge >= 0.3 is 0 Å². The van der Waals surface area contributed by atoms with E-state index in [1.807, 2.05) is 17.0 Å². The number of thiazole rings is 1.